The molecular weight excluding hydrogens is 527 g/mol. The van der Waals surface area contributed by atoms with Crippen LogP contribution >= 0.6 is 23.4 Å². The Morgan fingerprint density at radius 2 is 1.88 bits per heavy atom. The molecule has 0 spiro atoms. The zero-order valence-corrected chi connectivity index (χ0v) is 21.8. The number of hydrogen-bond acceptors (Lipinski definition) is 9. The summed E-state index contributed by atoms with van der Waals surface area (Å²) in [6.07, 6.45) is 1.98. The summed E-state index contributed by atoms with van der Waals surface area (Å²) in [5.41, 5.74) is 6.91. The minimum atomic E-state index is -3.67. The molecule has 11 nitrogen and oxygen atoms in total. The number of rotatable bonds is 11. The first-order chi connectivity index (χ1) is 16.1. The van der Waals surface area contributed by atoms with E-state index in [2.05, 4.69) is 36.0 Å². The normalized spacial score (nSPS) is 15.1. The fraction of sp³-hybridized carbons (Fsp3) is 0.429. The van der Waals surface area contributed by atoms with Crippen LogP contribution in [-0.4, -0.2) is 50.1 Å². The van der Waals surface area contributed by atoms with E-state index in [0.717, 1.165) is 4.47 Å². The zero-order valence-electron chi connectivity index (χ0n) is 19.3. The molecule has 0 amide bonds. The summed E-state index contributed by atoms with van der Waals surface area (Å²) in [5, 5.41) is 2.78. The first-order valence-corrected chi connectivity index (χ1v) is 13.2. The van der Waals surface area contributed by atoms with Crippen molar-refractivity contribution in [2.75, 3.05) is 12.1 Å². The number of nitrogens with two attached hydrogens (primary N) is 1. The smallest absolute Gasteiger partial charge is 0.342 e. The number of halogens is 1. The number of fused-ring (bicyclic) bond motifs is 1. The molecule has 3 aromatic rings. The Labute approximate surface area is 206 Å². The summed E-state index contributed by atoms with van der Waals surface area (Å²) < 4.78 is 33.2. The Morgan fingerprint density at radius 3 is 2.56 bits per heavy atom. The van der Waals surface area contributed by atoms with E-state index in [1.807, 2.05) is 6.92 Å². The molecule has 0 aliphatic rings. The number of nitrogen functional groups attached to an aromatic ring is 1. The molecule has 3 rings (SSSR count). The highest BCUT2D eigenvalue weighted by atomic mass is 79.9. The van der Waals surface area contributed by atoms with Crippen LogP contribution in [0, 0.1) is 0 Å². The van der Waals surface area contributed by atoms with Gasteiger partial charge >= 0.3 is 13.5 Å². The van der Waals surface area contributed by atoms with E-state index >= 15 is 0 Å². The lowest BCUT2D eigenvalue weighted by atomic mass is 10.3. The van der Waals surface area contributed by atoms with Crippen molar-refractivity contribution in [3.8, 4) is 5.75 Å². The van der Waals surface area contributed by atoms with Crippen molar-refractivity contribution in [1.82, 2.24) is 24.6 Å². The minimum Gasteiger partial charge on any atom is -0.462 e. The van der Waals surface area contributed by atoms with Crippen LogP contribution in [0.2, 0.25) is 0 Å². The van der Waals surface area contributed by atoms with Crippen LogP contribution in [0.4, 0.5) is 5.82 Å². The quantitative estimate of drug-likeness (QED) is 0.265. The maximum atomic E-state index is 13.7. The molecule has 13 heteroatoms. The van der Waals surface area contributed by atoms with Gasteiger partial charge in [0.2, 0.25) is 0 Å². The molecule has 3 N–H and O–H groups in total. The van der Waals surface area contributed by atoms with E-state index in [-0.39, 0.29) is 18.3 Å². The van der Waals surface area contributed by atoms with E-state index in [0.29, 0.717) is 23.5 Å². The largest absolute Gasteiger partial charge is 0.462 e. The number of imidazole rings is 1. The van der Waals surface area contributed by atoms with Crippen LogP contribution < -0.4 is 15.3 Å². The van der Waals surface area contributed by atoms with Gasteiger partial charge in [-0.05, 0) is 52.0 Å². The van der Waals surface area contributed by atoms with Gasteiger partial charge in [-0.1, -0.05) is 15.9 Å². The van der Waals surface area contributed by atoms with Crippen molar-refractivity contribution in [3.63, 3.8) is 0 Å². The van der Waals surface area contributed by atoms with Gasteiger partial charge in [0, 0.05) is 4.47 Å². The number of carbonyl (C=O) groups is 1. The van der Waals surface area contributed by atoms with Gasteiger partial charge in [-0.2, -0.15) is 0 Å². The molecule has 0 saturated carbocycles. The lowest BCUT2D eigenvalue weighted by Gasteiger charge is -2.25. The number of esters is 1. The van der Waals surface area contributed by atoms with Gasteiger partial charge < -0.3 is 24.3 Å². The fourth-order valence-corrected chi connectivity index (χ4v) is 5.08. The average molecular weight is 555 g/mol. The van der Waals surface area contributed by atoms with Crippen molar-refractivity contribution in [2.24, 2.45) is 0 Å². The van der Waals surface area contributed by atoms with Gasteiger partial charge in [-0.15, -0.1) is 0 Å². The zero-order chi connectivity index (χ0) is 24.9. The van der Waals surface area contributed by atoms with Crippen molar-refractivity contribution in [1.29, 1.82) is 0 Å². The summed E-state index contributed by atoms with van der Waals surface area (Å²) in [7, 11) is -3.67. The maximum Gasteiger partial charge on any atom is 0.342 e. The van der Waals surface area contributed by atoms with Gasteiger partial charge in [-0.3, -0.25) is 9.36 Å². The van der Waals surface area contributed by atoms with E-state index in [1.54, 1.807) is 55.9 Å². The summed E-state index contributed by atoms with van der Waals surface area (Å²) >= 11 is 3.36. The van der Waals surface area contributed by atoms with Crippen LogP contribution in [0.5, 0.6) is 5.75 Å². The SMILES string of the molecule is CC(C)OC(=O)[C@H](C)NP(=O)(CO[C@H](C)Cn1cnc2c(N)ncnc21)Oc1ccc(Br)cc1. The predicted molar refractivity (Wildman–Crippen MR) is 131 cm³/mol. The van der Waals surface area contributed by atoms with Crippen LogP contribution in [0.1, 0.15) is 27.7 Å². The molecule has 184 valence electrons. The van der Waals surface area contributed by atoms with Crippen molar-refractivity contribution in [3.05, 3.63) is 41.4 Å². The number of hydrogen-bond donors (Lipinski definition) is 2. The molecule has 0 fully saturated rings. The molecule has 3 atom stereocenters. The number of nitrogens with zero attached hydrogens (tertiary/aromatic N) is 4. The van der Waals surface area contributed by atoms with E-state index in [4.69, 9.17) is 19.7 Å². The van der Waals surface area contributed by atoms with Crippen molar-refractivity contribution in [2.45, 2.75) is 52.5 Å². The summed E-state index contributed by atoms with van der Waals surface area (Å²) in [4.78, 5) is 24.7. The number of anilines is 1. The van der Waals surface area contributed by atoms with Gasteiger partial charge in [0.05, 0.1) is 25.1 Å². The molecule has 0 radical (unpaired) electrons. The van der Waals surface area contributed by atoms with Crippen LogP contribution in [0.3, 0.4) is 0 Å². The van der Waals surface area contributed by atoms with E-state index in [9.17, 15) is 9.36 Å². The summed E-state index contributed by atoms with van der Waals surface area (Å²) in [6.45, 7) is 7.23. The molecule has 34 heavy (non-hydrogen) atoms. The van der Waals surface area contributed by atoms with Crippen LogP contribution in [0.15, 0.2) is 41.4 Å². The van der Waals surface area contributed by atoms with Crippen LogP contribution in [0.25, 0.3) is 11.2 Å². The Morgan fingerprint density at radius 1 is 1.18 bits per heavy atom. The Hall–Kier alpha value is -2.53. The average Bonchev–Trinajstić information content (AvgIpc) is 3.17. The van der Waals surface area contributed by atoms with Crippen LogP contribution in [-0.2, 0) is 25.4 Å². The third-order valence-corrected chi connectivity index (χ3v) is 6.88. The van der Waals surface area contributed by atoms with Crippen molar-refractivity contribution < 1.29 is 23.4 Å². The molecule has 1 unspecified atom stereocenters. The Kier molecular flexibility index (Phi) is 8.64. The molecule has 2 aromatic heterocycles. The number of aromatic nitrogens is 4. The van der Waals surface area contributed by atoms with E-state index in [1.165, 1.54) is 6.33 Å². The molecule has 0 aliphatic carbocycles. The monoisotopic (exact) mass is 554 g/mol. The van der Waals surface area contributed by atoms with Gasteiger partial charge in [-0.25, -0.2) is 20.0 Å². The van der Waals surface area contributed by atoms with Gasteiger partial charge in [0.15, 0.2) is 11.5 Å². The first kappa shape index (κ1) is 26.1. The molecule has 1 aromatic carbocycles. The lowest BCUT2D eigenvalue weighted by Crippen LogP contribution is -2.37. The first-order valence-electron chi connectivity index (χ1n) is 10.6. The number of ether oxygens (including phenoxy) is 2. The molecular formula is C21H28BrN6O5P. The highest BCUT2D eigenvalue weighted by Gasteiger charge is 2.32. The third-order valence-electron chi connectivity index (χ3n) is 4.57. The molecule has 0 bridgehead atoms. The standard InChI is InChI=1S/C21H28BrN6O5P/c1-13(2)32-21(29)15(4)27-34(30,33-17-7-5-16(22)6-8-17)12-31-14(3)9-28-11-26-18-19(23)24-10-25-20(18)28/h5-8,10-11,13-15H,9,12H2,1-4H3,(H,27,30)(H2,23,24,25)/t14-,15+,34?/m1/s1. The second-order valence-corrected chi connectivity index (χ2v) is 11.0. The maximum absolute atomic E-state index is 13.7. The highest BCUT2D eigenvalue weighted by molar-refractivity contribution is 9.10. The Balaban J connectivity index is 1.71. The number of nitrogens with one attached hydrogen (secondary N) is 1. The van der Waals surface area contributed by atoms with Crippen molar-refractivity contribution >= 4 is 46.4 Å². The van der Waals surface area contributed by atoms with E-state index < -0.39 is 25.6 Å². The molecule has 2 heterocycles. The molecule has 0 saturated heterocycles. The third kappa shape index (κ3) is 6.99. The second-order valence-electron chi connectivity index (χ2n) is 7.99. The number of benzene rings is 1. The minimum absolute atomic E-state index is 0.284. The van der Waals surface area contributed by atoms with Gasteiger partial charge in [0.25, 0.3) is 0 Å². The number of carbonyl (C=O) groups excluding carboxylic acids is 1. The highest BCUT2D eigenvalue weighted by Crippen LogP contribution is 2.44. The fourth-order valence-electron chi connectivity index (χ4n) is 3.03. The second kappa shape index (κ2) is 11.3. The summed E-state index contributed by atoms with van der Waals surface area (Å²) in [5.74, 6) is 0.119. The lowest BCUT2D eigenvalue weighted by molar-refractivity contribution is -0.149. The Bertz CT molecular complexity index is 1170. The molecule has 0 aliphatic heterocycles. The topological polar surface area (TPSA) is 143 Å². The van der Waals surface area contributed by atoms with Gasteiger partial charge in [0.1, 0.15) is 30.0 Å². The summed E-state index contributed by atoms with van der Waals surface area (Å²) in [6, 6.07) is 5.98. The predicted octanol–water partition coefficient (Wildman–Crippen LogP) is 3.74.